The number of aliphatic hydroxyl groups is 1. The van der Waals surface area contributed by atoms with Gasteiger partial charge in [0, 0.05) is 88.0 Å². The smallest absolute Gasteiger partial charge is 0.512 e. The van der Waals surface area contributed by atoms with Gasteiger partial charge in [-0.3, -0.25) is 18.9 Å². The van der Waals surface area contributed by atoms with E-state index < -0.39 is 0 Å². The Bertz CT molecular complexity index is 6770. The molecule has 0 amide bonds. The van der Waals surface area contributed by atoms with Gasteiger partial charge in [-0.15, -0.1) is 215 Å². The number of allylic oxidation sites excluding steroid dienone is 10. The number of aliphatic imine (C=N–C) groups is 1. The normalized spacial score (nSPS) is 15.0. The van der Waals surface area contributed by atoms with E-state index in [9.17, 15) is 4.79 Å². The molecule has 5 aromatic heterocycles. The molecule has 3 atom stereocenters. The van der Waals surface area contributed by atoms with Crippen molar-refractivity contribution in [1.82, 2.24) is 19.9 Å². The van der Waals surface area contributed by atoms with Crippen LogP contribution in [0.5, 0.6) is 0 Å². The minimum absolute atomic E-state index is 0. The second kappa shape index (κ2) is 52.4. The van der Waals surface area contributed by atoms with Gasteiger partial charge in [-0.05, 0) is 200 Å². The maximum absolute atomic E-state index is 10.0. The molecule has 10 nitrogen and oxygen atoms in total. The van der Waals surface area contributed by atoms with Crippen LogP contribution in [-0.2, 0) is 72.5 Å². The Morgan fingerprint density at radius 1 is 0.493 bits per heavy atom. The largest absolute Gasteiger partial charge is 2.00 e. The molecule has 0 bridgehead atoms. The molecule has 1 saturated carbocycles. The standard InChI is InChI=1S/C51H57N3.C24H16N2.C17H14N.C15H10N.C11H8N.C5H8O2.2Ir.Pt/c1-37-13-7-10-16-46(37)49-28-25-40(34-52(49)4)19-22-43-31-44(23-20-41-26-29-50(53(5)35-41)47-17-11-8-14-38(47)2)33-45(32-43)24-21-42-27-30-51(54(6)36-42)48-18-12-9-15-39(48)3;1-2-10-20(11-3-1)22-13-4-5-15-24(22)26-18-19-9-8-12-21(17-19)23-14-6-7-16-25-23;1-12-6-5-8-14(10-12)17-13(2)16-9-4-3-7-15(16)11-18-17;1-2-6-12(7-3-1)15-10-13-8-4-5-9-14(13)11-16-15;1-2-6-10(7-3-1)11-8-4-5-9-12-11;1-4(6)3-5(2)7;;;/h7-18,25-30,34-36,43-45H,4-6,19-24,31-33H2,1-3H3;1-10,12-16,18H;3-7,9-11H,1-2H3;1-6,8-11H;1-6,8-9H;3,6H,1-2H3;;;/q;-2;3*-1;;;;+2/t43?,44-,45+;;;;;;;;. The summed E-state index contributed by atoms with van der Waals surface area (Å²) in [6.07, 6.45) is 45.9. The van der Waals surface area contributed by atoms with E-state index in [0.717, 1.165) is 104 Å². The third-order valence-electron chi connectivity index (χ3n) is 24.0. The zero-order valence-electron chi connectivity index (χ0n) is 78.1. The minimum atomic E-state index is -0.125. The molecule has 688 valence electrons. The molecule has 4 aliphatic rings. The third-order valence-corrected chi connectivity index (χ3v) is 24.0. The van der Waals surface area contributed by atoms with Crippen LogP contribution in [0.1, 0.15) is 117 Å². The van der Waals surface area contributed by atoms with Crippen molar-refractivity contribution in [3.05, 3.63) is 505 Å². The van der Waals surface area contributed by atoms with Gasteiger partial charge in [-0.1, -0.05) is 213 Å². The Kier molecular flexibility index (Phi) is 39.7. The van der Waals surface area contributed by atoms with Crippen molar-refractivity contribution in [2.45, 2.75) is 106 Å². The van der Waals surface area contributed by atoms with Crippen LogP contribution in [0.25, 0.3) is 83.3 Å². The molecule has 1 fully saturated rings. The van der Waals surface area contributed by atoms with Gasteiger partial charge in [0.05, 0.1) is 19.2 Å². The Labute approximate surface area is 845 Å². The summed E-state index contributed by atoms with van der Waals surface area (Å²) < 4.78 is 6.22. The summed E-state index contributed by atoms with van der Waals surface area (Å²) in [6, 6.07) is 115. The maximum atomic E-state index is 10.0. The van der Waals surface area contributed by atoms with E-state index in [0.29, 0.717) is 0 Å². The molecule has 2 aliphatic heterocycles. The first-order chi connectivity index (χ1) is 64.9. The summed E-state index contributed by atoms with van der Waals surface area (Å²) in [5.41, 5.74) is 24.8. The fraction of sp³-hybridized carbons (Fsp3) is 0.154. The summed E-state index contributed by atoms with van der Waals surface area (Å²) in [5.74, 6) is 3.40. The van der Waals surface area contributed by atoms with E-state index in [-0.39, 0.29) is 72.8 Å². The van der Waals surface area contributed by atoms with Crippen LogP contribution in [0.3, 0.4) is 0 Å². The van der Waals surface area contributed by atoms with Crippen LogP contribution in [-0.4, -0.2) is 59.6 Å². The second-order valence-electron chi connectivity index (χ2n) is 34.0. The summed E-state index contributed by atoms with van der Waals surface area (Å²) in [7, 11) is 0. The van der Waals surface area contributed by atoms with Crippen molar-refractivity contribution < 1.29 is 84.6 Å². The van der Waals surface area contributed by atoms with Crippen molar-refractivity contribution >= 4 is 58.2 Å². The van der Waals surface area contributed by atoms with Crippen LogP contribution in [0, 0.1) is 100 Å². The number of aromatic nitrogens is 5. The number of pyridine rings is 5. The molecule has 1 N–H and O–H groups in total. The molecule has 136 heavy (non-hydrogen) atoms. The molecular weight excluding hydrogens is 2200 g/mol. The number of hydrogen-bond acceptors (Lipinski definition) is 7. The fourth-order valence-electron chi connectivity index (χ4n) is 17.3. The predicted molar refractivity (Wildman–Crippen MR) is 549 cm³/mol. The molecule has 13 heteroatoms. The van der Waals surface area contributed by atoms with Crippen LogP contribution in [0.4, 0.5) is 5.69 Å². The number of para-hydroxylation sites is 1. The average molecular weight is 2310 g/mol. The third kappa shape index (κ3) is 29.5. The number of carbonyl (C=O) groups excluding carboxylic acids is 1. The first-order valence-corrected chi connectivity index (χ1v) is 45.6. The SMILES string of the molecule is C=[N+]1C=C(CC[C@@H]2CC(CCc3ccc(=C4C=CC=C[C-]4C)[n+](=C)c3)C[C@H](CCC3=C[N+](=C)[C-](c4ccccc4C)C=C3)C2)C=C[C-]1c1ccccc1C.CC(=O)C=C(C)O.Cc1cc[c-]c(-c2ncc3ccccc3c2C)c1.[Ir].[Ir].[Pt+2].[c-]1c(C=Nc2ccccc2-c2[c-]cccc2)cccc1-c1ccccn1.[c-]1ccccc1-c1cc2ccccc2cn1.[c-]1ccccc1-c1ccccn1. The van der Waals surface area contributed by atoms with Gasteiger partial charge in [0.15, 0.2) is 12.0 Å². The molecule has 19 rings (SSSR count). The zero-order valence-corrected chi connectivity index (χ0v) is 85.1. The monoisotopic (exact) mass is 2310 g/mol. The number of fused-ring (bicyclic) bond motifs is 2. The van der Waals surface area contributed by atoms with E-state index in [4.69, 9.17) is 10.1 Å². The van der Waals surface area contributed by atoms with E-state index in [1.165, 1.54) is 159 Å². The Morgan fingerprint density at radius 2 is 1.01 bits per heavy atom. The number of benzene rings is 10. The van der Waals surface area contributed by atoms with Crippen molar-refractivity contribution in [3.8, 4) is 56.2 Å². The van der Waals surface area contributed by atoms with E-state index in [1.807, 2.05) is 188 Å². The quantitative estimate of drug-likeness (QED) is 0.0284. The van der Waals surface area contributed by atoms with Gasteiger partial charge < -0.3 is 25.1 Å². The number of aryl methyl sites for hydroxylation is 5. The van der Waals surface area contributed by atoms with E-state index in [2.05, 4.69) is 301 Å². The number of carbonyl (C=O) groups is 1. The molecule has 0 saturated heterocycles. The Morgan fingerprint density at radius 3 is 1.57 bits per heavy atom. The minimum Gasteiger partial charge on any atom is -0.512 e. The summed E-state index contributed by atoms with van der Waals surface area (Å²) >= 11 is 0. The zero-order chi connectivity index (χ0) is 92.6. The van der Waals surface area contributed by atoms with Gasteiger partial charge in [0.25, 0.3) is 0 Å². The first-order valence-electron chi connectivity index (χ1n) is 45.6. The average Bonchev–Trinajstić information content (AvgIpc) is 0.802. The molecule has 2 radical (unpaired) electrons. The summed E-state index contributed by atoms with van der Waals surface area (Å²) in [5, 5.41) is 14.4. The van der Waals surface area contributed by atoms with Gasteiger partial charge >= 0.3 is 21.1 Å². The number of nitrogens with zero attached hydrogens (tertiary/aromatic N) is 8. The van der Waals surface area contributed by atoms with Gasteiger partial charge in [-0.25, -0.2) is 4.24 Å². The molecule has 7 heterocycles. The molecule has 1 unspecified atom stereocenters. The fourth-order valence-corrected chi connectivity index (χ4v) is 17.3. The Hall–Kier alpha value is -13.5. The molecule has 15 aromatic rings. The second-order valence-corrected chi connectivity index (χ2v) is 34.0. The van der Waals surface area contributed by atoms with Gasteiger partial charge in [0.1, 0.15) is 36.6 Å². The molecule has 2 aliphatic carbocycles. The maximum Gasteiger partial charge on any atom is 2.00 e. The van der Waals surface area contributed by atoms with Gasteiger partial charge in [-0.2, -0.15) is 0 Å². The van der Waals surface area contributed by atoms with Gasteiger partial charge in [0.2, 0.25) is 0 Å². The molecule has 10 aromatic carbocycles. The topological polar surface area (TPSA) is 113 Å². The molecule has 0 spiro atoms. The van der Waals surface area contributed by atoms with E-state index in [1.54, 1.807) is 12.4 Å². The van der Waals surface area contributed by atoms with Crippen molar-refractivity contribution in [3.63, 3.8) is 0 Å². The Balaban J connectivity index is 0.000000178. The van der Waals surface area contributed by atoms with Crippen molar-refractivity contribution in [1.29, 1.82) is 0 Å². The molecular formula is C123H113Ir2N8O2Pt-3. The van der Waals surface area contributed by atoms with Crippen LogP contribution >= 0.6 is 0 Å². The first kappa shape index (κ1) is 103. The number of ketones is 1. The number of rotatable bonds is 19. The van der Waals surface area contributed by atoms with Crippen LogP contribution < -0.4 is 9.59 Å². The predicted octanol–water partition coefficient (Wildman–Crippen LogP) is 27.5. The number of hydrogen-bond donors (Lipinski definition) is 1. The summed E-state index contributed by atoms with van der Waals surface area (Å²) in [6.45, 7) is 26.8. The van der Waals surface area contributed by atoms with Crippen LogP contribution in [0.15, 0.2) is 405 Å². The van der Waals surface area contributed by atoms with Crippen molar-refractivity contribution in [2.75, 3.05) is 0 Å². The van der Waals surface area contributed by atoms with Crippen molar-refractivity contribution in [2.24, 2.45) is 22.7 Å². The number of aliphatic hydroxyl groups excluding tert-OH is 1. The summed E-state index contributed by atoms with van der Waals surface area (Å²) in [4.78, 5) is 32.3. The van der Waals surface area contributed by atoms with E-state index >= 15 is 0 Å². The van der Waals surface area contributed by atoms with Crippen LogP contribution in [0.2, 0.25) is 0 Å².